The van der Waals surface area contributed by atoms with E-state index in [4.69, 9.17) is 14.7 Å². The molecule has 4 heteroatoms. The smallest absolute Gasteiger partial charge is 0.434 e. The van der Waals surface area contributed by atoms with E-state index in [0.717, 1.165) is 25.7 Å². The molecule has 0 spiro atoms. The third-order valence-electron chi connectivity index (χ3n) is 2.87. The van der Waals surface area contributed by atoms with Crippen LogP contribution in [0, 0.1) is 11.3 Å². The van der Waals surface area contributed by atoms with Crippen LogP contribution in [0.5, 0.6) is 0 Å². The fourth-order valence-corrected chi connectivity index (χ4v) is 1.72. The maximum atomic E-state index is 11.1. The van der Waals surface area contributed by atoms with Gasteiger partial charge in [-0.3, -0.25) is 0 Å². The summed E-state index contributed by atoms with van der Waals surface area (Å²) in [5.41, 5.74) is 0. The number of nitrogens with zero attached hydrogens (tertiary/aromatic N) is 1. The van der Waals surface area contributed by atoms with Crippen molar-refractivity contribution in [2.75, 3.05) is 13.2 Å². The van der Waals surface area contributed by atoms with Crippen molar-refractivity contribution in [3.8, 4) is 6.07 Å². The van der Waals surface area contributed by atoms with Gasteiger partial charge in [0.2, 0.25) is 0 Å². The quantitative estimate of drug-likeness (QED) is 0.384. The Labute approximate surface area is 117 Å². The molecule has 0 atom stereocenters. The van der Waals surface area contributed by atoms with Crippen LogP contribution < -0.4 is 0 Å². The van der Waals surface area contributed by atoms with Crippen LogP contribution in [0.3, 0.4) is 0 Å². The van der Waals surface area contributed by atoms with Crippen molar-refractivity contribution in [2.24, 2.45) is 0 Å². The maximum absolute atomic E-state index is 11.1. The van der Waals surface area contributed by atoms with Crippen LogP contribution >= 0.6 is 0 Å². The summed E-state index contributed by atoms with van der Waals surface area (Å²) in [5.74, 6) is 0. The lowest BCUT2D eigenvalue weighted by Crippen LogP contribution is -2.09. The highest BCUT2D eigenvalue weighted by Crippen LogP contribution is 2.07. The van der Waals surface area contributed by atoms with Gasteiger partial charge in [-0.2, -0.15) is 5.26 Å². The van der Waals surface area contributed by atoms with Crippen LogP contribution in [-0.2, 0) is 9.47 Å². The molecule has 0 saturated heterocycles. The fraction of sp³-hybridized carbons (Fsp3) is 0.867. The van der Waals surface area contributed by atoms with E-state index < -0.39 is 6.16 Å². The molecule has 0 aromatic carbocycles. The van der Waals surface area contributed by atoms with Gasteiger partial charge in [-0.05, 0) is 19.3 Å². The average molecular weight is 269 g/mol. The molecule has 0 aromatic heterocycles. The lowest BCUT2D eigenvalue weighted by molar-refractivity contribution is 0.0531. The van der Waals surface area contributed by atoms with E-state index in [1.54, 1.807) is 0 Å². The lowest BCUT2D eigenvalue weighted by Gasteiger charge is -2.05. The van der Waals surface area contributed by atoms with Crippen molar-refractivity contribution in [1.82, 2.24) is 0 Å². The fourth-order valence-electron chi connectivity index (χ4n) is 1.72. The van der Waals surface area contributed by atoms with E-state index in [0.29, 0.717) is 19.6 Å². The molecule has 0 saturated carbocycles. The molecule has 19 heavy (non-hydrogen) atoms. The molecule has 0 aromatic rings. The minimum Gasteiger partial charge on any atom is -0.434 e. The van der Waals surface area contributed by atoms with Crippen LogP contribution in [0.4, 0.5) is 4.79 Å². The first-order valence-corrected chi connectivity index (χ1v) is 7.47. The lowest BCUT2D eigenvalue weighted by atomic mass is 10.1. The Kier molecular flexibility index (Phi) is 13.9. The van der Waals surface area contributed by atoms with Gasteiger partial charge in [-0.25, -0.2) is 4.79 Å². The first-order chi connectivity index (χ1) is 9.31. The number of carbonyl (C=O) groups excluding carboxylic acids is 1. The average Bonchev–Trinajstić information content (AvgIpc) is 2.41. The SMILES string of the molecule is CCCCCCCCCOC(=O)OCCCCC#N. The number of carbonyl (C=O) groups is 1. The number of hydrogen-bond acceptors (Lipinski definition) is 4. The highest BCUT2D eigenvalue weighted by atomic mass is 16.7. The summed E-state index contributed by atoms with van der Waals surface area (Å²) >= 11 is 0. The van der Waals surface area contributed by atoms with E-state index in [1.807, 2.05) is 0 Å². The third kappa shape index (κ3) is 14.7. The van der Waals surface area contributed by atoms with Crippen LogP contribution in [-0.4, -0.2) is 19.4 Å². The largest absolute Gasteiger partial charge is 0.508 e. The summed E-state index contributed by atoms with van der Waals surface area (Å²) in [6, 6.07) is 2.05. The second-order valence-corrected chi connectivity index (χ2v) is 4.68. The van der Waals surface area contributed by atoms with E-state index >= 15 is 0 Å². The Hall–Kier alpha value is -1.24. The molecule has 110 valence electrons. The van der Waals surface area contributed by atoms with Crippen molar-refractivity contribution in [1.29, 1.82) is 5.26 Å². The molecule has 0 bridgehead atoms. The van der Waals surface area contributed by atoms with Crippen molar-refractivity contribution in [3.63, 3.8) is 0 Å². The number of nitriles is 1. The Morgan fingerprint density at radius 2 is 1.42 bits per heavy atom. The minimum atomic E-state index is -0.581. The Balaban J connectivity index is 3.14. The summed E-state index contributed by atoms with van der Waals surface area (Å²) < 4.78 is 9.83. The summed E-state index contributed by atoms with van der Waals surface area (Å²) in [4.78, 5) is 11.1. The molecule has 0 heterocycles. The summed E-state index contributed by atoms with van der Waals surface area (Å²) in [6.45, 7) is 3.00. The van der Waals surface area contributed by atoms with Crippen LogP contribution in [0.25, 0.3) is 0 Å². The van der Waals surface area contributed by atoms with Crippen molar-refractivity contribution in [3.05, 3.63) is 0 Å². The van der Waals surface area contributed by atoms with Gasteiger partial charge in [0.15, 0.2) is 0 Å². The molecule has 4 nitrogen and oxygen atoms in total. The zero-order valence-electron chi connectivity index (χ0n) is 12.2. The van der Waals surface area contributed by atoms with Crippen molar-refractivity contribution in [2.45, 2.75) is 71.1 Å². The Morgan fingerprint density at radius 1 is 0.895 bits per heavy atom. The van der Waals surface area contributed by atoms with Gasteiger partial charge < -0.3 is 9.47 Å². The molecule has 0 rings (SSSR count). The summed E-state index contributed by atoms with van der Waals surface area (Å²) in [7, 11) is 0. The molecule has 0 aliphatic heterocycles. The Morgan fingerprint density at radius 3 is 2.00 bits per heavy atom. The zero-order chi connectivity index (χ0) is 14.2. The molecule has 0 amide bonds. The first-order valence-electron chi connectivity index (χ1n) is 7.47. The predicted molar refractivity (Wildman–Crippen MR) is 74.8 cm³/mol. The molecule has 0 unspecified atom stereocenters. The second kappa shape index (κ2) is 14.8. The summed E-state index contributed by atoms with van der Waals surface area (Å²) in [5, 5.41) is 8.33. The third-order valence-corrected chi connectivity index (χ3v) is 2.87. The van der Waals surface area contributed by atoms with Crippen molar-refractivity contribution < 1.29 is 14.3 Å². The van der Waals surface area contributed by atoms with Gasteiger partial charge in [-0.15, -0.1) is 0 Å². The van der Waals surface area contributed by atoms with Gasteiger partial charge in [0.1, 0.15) is 0 Å². The minimum absolute atomic E-state index is 0.345. The standard InChI is InChI=1S/C15H27NO3/c1-2-3-4-5-6-7-10-13-18-15(17)19-14-11-8-9-12-16/h2-11,13-14H2,1H3. The number of ether oxygens (including phenoxy) is 2. The molecular weight excluding hydrogens is 242 g/mol. The number of hydrogen-bond donors (Lipinski definition) is 0. The van der Waals surface area contributed by atoms with Gasteiger partial charge in [-0.1, -0.05) is 45.4 Å². The van der Waals surface area contributed by atoms with Gasteiger partial charge >= 0.3 is 6.16 Å². The van der Waals surface area contributed by atoms with Crippen LogP contribution in [0.1, 0.15) is 71.1 Å². The van der Waals surface area contributed by atoms with E-state index in [9.17, 15) is 4.79 Å². The van der Waals surface area contributed by atoms with Gasteiger partial charge in [0.25, 0.3) is 0 Å². The van der Waals surface area contributed by atoms with E-state index in [1.165, 1.54) is 32.1 Å². The zero-order valence-corrected chi connectivity index (χ0v) is 12.2. The van der Waals surface area contributed by atoms with Crippen LogP contribution in [0.2, 0.25) is 0 Å². The molecule has 0 aliphatic rings. The van der Waals surface area contributed by atoms with Crippen LogP contribution in [0.15, 0.2) is 0 Å². The molecular formula is C15H27NO3. The highest BCUT2D eigenvalue weighted by molar-refractivity contribution is 5.59. The van der Waals surface area contributed by atoms with E-state index in [-0.39, 0.29) is 0 Å². The second-order valence-electron chi connectivity index (χ2n) is 4.68. The maximum Gasteiger partial charge on any atom is 0.508 e. The normalized spacial score (nSPS) is 9.89. The monoisotopic (exact) mass is 269 g/mol. The van der Waals surface area contributed by atoms with Gasteiger partial charge in [0.05, 0.1) is 19.3 Å². The highest BCUT2D eigenvalue weighted by Gasteiger charge is 2.02. The molecule has 0 fully saturated rings. The molecule has 0 aliphatic carbocycles. The predicted octanol–water partition coefficient (Wildman–Crippen LogP) is 4.58. The molecule has 0 N–H and O–H groups in total. The summed E-state index contributed by atoms with van der Waals surface area (Å²) in [6.07, 6.45) is 9.82. The number of rotatable bonds is 12. The van der Waals surface area contributed by atoms with Gasteiger partial charge in [0, 0.05) is 6.42 Å². The molecule has 0 radical (unpaired) electrons. The number of unbranched alkanes of at least 4 members (excludes halogenated alkanes) is 8. The topological polar surface area (TPSA) is 59.3 Å². The Bertz CT molecular complexity index is 248. The van der Waals surface area contributed by atoms with Crippen molar-refractivity contribution >= 4 is 6.16 Å². The first kappa shape index (κ1) is 17.8. The van der Waals surface area contributed by atoms with E-state index in [2.05, 4.69) is 13.0 Å².